The molecule has 0 aromatic carbocycles. The fraction of sp³-hybridized carbons (Fsp3) is 1.00. The predicted molar refractivity (Wildman–Crippen MR) is 53.1 cm³/mol. The van der Waals surface area contributed by atoms with E-state index in [0.717, 1.165) is 12.3 Å². The summed E-state index contributed by atoms with van der Waals surface area (Å²) in [5.74, 6) is 1.20. The van der Waals surface area contributed by atoms with Crippen LogP contribution in [0.3, 0.4) is 0 Å². The molecule has 0 bridgehead atoms. The molecule has 0 rings (SSSR count). The molecule has 0 aromatic heterocycles. The van der Waals surface area contributed by atoms with Gasteiger partial charge in [-0.15, -0.1) is 0 Å². The predicted octanol–water partition coefficient (Wildman–Crippen LogP) is 4.49. The van der Waals surface area contributed by atoms with Crippen LogP contribution in [-0.2, 0) is 0 Å². The van der Waals surface area contributed by atoms with Crippen LogP contribution in [0.1, 0.15) is 52.9 Å². The van der Waals surface area contributed by atoms with Crippen LogP contribution in [0.15, 0.2) is 0 Å². The first-order chi connectivity index (χ1) is 6.02. The Bertz CT molecular complexity index is 111. The molecule has 0 aliphatic carbocycles. The first kappa shape index (κ1) is 12.9. The van der Waals surface area contributed by atoms with Gasteiger partial charge >= 0.3 is 0 Å². The van der Waals surface area contributed by atoms with Crippen molar-refractivity contribution in [2.45, 2.75) is 59.3 Å². The van der Waals surface area contributed by atoms with Crippen molar-refractivity contribution in [1.82, 2.24) is 0 Å². The van der Waals surface area contributed by atoms with Crippen molar-refractivity contribution in [2.75, 3.05) is 0 Å². The molecule has 0 aliphatic rings. The topological polar surface area (TPSA) is 0 Å². The van der Waals surface area contributed by atoms with Crippen LogP contribution >= 0.6 is 0 Å². The zero-order chi connectivity index (χ0) is 10.3. The molecule has 0 fully saturated rings. The average molecular weight is 192 g/mol. The second-order valence-electron chi connectivity index (χ2n) is 4.40. The quantitative estimate of drug-likeness (QED) is 0.557. The monoisotopic (exact) mass is 192 g/mol. The molecule has 0 radical (unpaired) electrons. The van der Waals surface area contributed by atoms with E-state index in [9.17, 15) is 8.78 Å². The molecule has 0 N–H and O–H groups in total. The molecule has 2 heteroatoms. The van der Waals surface area contributed by atoms with Crippen molar-refractivity contribution in [1.29, 1.82) is 0 Å². The normalized spacial score (nSPS) is 14.1. The summed E-state index contributed by atoms with van der Waals surface area (Å²) >= 11 is 0. The SMILES string of the molecule is CC(C)CCCC(C)CCC(F)F. The molecule has 0 amide bonds. The van der Waals surface area contributed by atoms with Gasteiger partial charge in [-0.05, 0) is 18.3 Å². The van der Waals surface area contributed by atoms with Crippen molar-refractivity contribution < 1.29 is 8.78 Å². The molecule has 0 nitrogen and oxygen atoms in total. The number of hydrogen-bond donors (Lipinski definition) is 0. The Hall–Kier alpha value is -0.140. The van der Waals surface area contributed by atoms with Gasteiger partial charge in [0.25, 0.3) is 0 Å². The molecule has 1 atom stereocenters. The Morgan fingerprint density at radius 3 is 1.92 bits per heavy atom. The zero-order valence-electron chi connectivity index (χ0n) is 9.02. The minimum Gasteiger partial charge on any atom is -0.211 e. The maximum absolute atomic E-state index is 11.8. The second-order valence-corrected chi connectivity index (χ2v) is 4.40. The largest absolute Gasteiger partial charge is 0.238 e. The molecule has 0 aromatic rings. The Labute approximate surface area is 80.7 Å². The maximum Gasteiger partial charge on any atom is 0.238 e. The highest BCUT2D eigenvalue weighted by atomic mass is 19.3. The van der Waals surface area contributed by atoms with Crippen molar-refractivity contribution in [3.63, 3.8) is 0 Å². The first-order valence-electron chi connectivity index (χ1n) is 5.30. The molecule has 13 heavy (non-hydrogen) atoms. The molecule has 0 saturated carbocycles. The van der Waals surface area contributed by atoms with Crippen LogP contribution in [0.2, 0.25) is 0 Å². The summed E-state index contributed by atoms with van der Waals surface area (Å²) < 4.78 is 23.7. The van der Waals surface area contributed by atoms with Gasteiger partial charge in [-0.1, -0.05) is 40.0 Å². The van der Waals surface area contributed by atoms with E-state index in [1.54, 1.807) is 0 Å². The van der Waals surface area contributed by atoms with E-state index in [2.05, 4.69) is 20.8 Å². The number of halogens is 2. The average Bonchev–Trinajstić information content (AvgIpc) is 2.00. The fourth-order valence-electron chi connectivity index (χ4n) is 1.43. The molecule has 80 valence electrons. The first-order valence-corrected chi connectivity index (χ1v) is 5.30. The summed E-state index contributed by atoms with van der Waals surface area (Å²) in [6.45, 7) is 6.47. The third kappa shape index (κ3) is 9.78. The van der Waals surface area contributed by atoms with E-state index in [0.29, 0.717) is 12.3 Å². The van der Waals surface area contributed by atoms with Gasteiger partial charge in [0.05, 0.1) is 0 Å². The molecule has 0 aliphatic heterocycles. The van der Waals surface area contributed by atoms with Gasteiger partial charge in [0.1, 0.15) is 0 Å². The summed E-state index contributed by atoms with van der Waals surface area (Å²) in [4.78, 5) is 0. The molecular formula is C11H22F2. The highest BCUT2D eigenvalue weighted by Crippen LogP contribution is 2.18. The second kappa shape index (κ2) is 7.28. The maximum atomic E-state index is 11.8. The van der Waals surface area contributed by atoms with Gasteiger partial charge in [-0.3, -0.25) is 0 Å². The lowest BCUT2D eigenvalue weighted by Gasteiger charge is -2.11. The van der Waals surface area contributed by atoms with E-state index < -0.39 is 6.43 Å². The highest BCUT2D eigenvalue weighted by Gasteiger charge is 2.07. The molecule has 0 saturated heterocycles. The van der Waals surface area contributed by atoms with Gasteiger partial charge in [-0.25, -0.2) is 8.78 Å². The molecule has 0 spiro atoms. The van der Waals surface area contributed by atoms with Gasteiger partial charge < -0.3 is 0 Å². The molecule has 0 heterocycles. The highest BCUT2D eigenvalue weighted by molar-refractivity contribution is 4.56. The van der Waals surface area contributed by atoms with Crippen molar-refractivity contribution >= 4 is 0 Å². The Kier molecular flexibility index (Phi) is 7.20. The molecular weight excluding hydrogens is 170 g/mol. The number of hydrogen-bond acceptors (Lipinski definition) is 0. The van der Waals surface area contributed by atoms with Gasteiger partial charge in [0.2, 0.25) is 6.43 Å². The summed E-state index contributed by atoms with van der Waals surface area (Å²) in [6, 6.07) is 0. The van der Waals surface area contributed by atoms with Crippen LogP contribution in [0.25, 0.3) is 0 Å². The smallest absolute Gasteiger partial charge is 0.211 e. The van der Waals surface area contributed by atoms with E-state index in [4.69, 9.17) is 0 Å². The standard InChI is InChI=1S/C11H22F2/c1-9(2)5-4-6-10(3)7-8-11(12)13/h9-11H,4-8H2,1-3H3. The third-order valence-corrected chi connectivity index (χ3v) is 2.36. The number of rotatable bonds is 7. The Morgan fingerprint density at radius 2 is 1.46 bits per heavy atom. The van der Waals surface area contributed by atoms with E-state index in [-0.39, 0.29) is 6.42 Å². The third-order valence-electron chi connectivity index (χ3n) is 2.36. The van der Waals surface area contributed by atoms with Crippen molar-refractivity contribution in [3.8, 4) is 0 Å². The Balaban J connectivity index is 3.25. The van der Waals surface area contributed by atoms with Gasteiger partial charge in [0.15, 0.2) is 0 Å². The Morgan fingerprint density at radius 1 is 0.846 bits per heavy atom. The van der Waals surface area contributed by atoms with E-state index >= 15 is 0 Å². The van der Waals surface area contributed by atoms with Crippen molar-refractivity contribution in [3.05, 3.63) is 0 Å². The van der Waals surface area contributed by atoms with E-state index in [1.165, 1.54) is 12.8 Å². The van der Waals surface area contributed by atoms with Gasteiger partial charge in [-0.2, -0.15) is 0 Å². The van der Waals surface area contributed by atoms with Gasteiger partial charge in [0, 0.05) is 6.42 Å². The van der Waals surface area contributed by atoms with Crippen LogP contribution in [0.4, 0.5) is 8.78 Å². The summed E-state index contributed by atoms with van der Waals surface area (Å²) in [7, 11) is 0. The minimum absolute atomic E-state index is 0.0723. The van der Waals surface area contributed by atoms with Crippen LogP contribution in [0, 0.1) is 11.8 Å². The lowest BCUT2D eigenvalue weighted by Crippen LogP contribution is -2.00. The lowest BCUT2D eigenvalue weighted by molar-refractivity contribution is 0.127. The zero-order valence-corrected chi connectivity index (χ0v) is 9.02. The fourth-order valence-corrected chi connectivity index (χ4v) is 1.43. The van der Waals surface area contributed by atoms with Crippen molar-refractivity contribution in [2.24, 2.45) is 11.8 Å². The summed E-state index contributed by atoms with van der Waals surface area (Å²) in [6.07, 6.45) is 2.14. The van der Waals surface area contributed by atoms with Crippen LogP contribution in [-0.4, -0.2) is 6.43 Å². The number of alkyl halides is 2. The minimum atomic E-state index is -2.12. The lowest BCUT2D eigenvalue weighted by atomic mass is 9.96. The van der Waals surface area contributed by atoms with Crippen LogP contribution in [0.5, 0.6) is 0 Å². The molecule has 1 unspecified atom stereocenters. The van der Waals surface area contributed by atoms with E-state index in [1.807, 2.05) is 0 Å². The van der Waals surface area contributed by atoms with Crippen LogP contribution < -0.4 is 0 Å². The summed E-state index contributed by atoms with van der Waals surface area (Å²) in [5, 5.41) is 0. The summed E-state index contributed by atoms with van der Waals surface area (Å²) in [5.41, 5.74) is 0.